The Morgan fingerprint density at radius 1 is 1.12 bits per heavy atom. The highest BCUT2D eigenvalue weighted by Crippen LogP contribution is 2.19. The van der Waals surface area contributed by atoms with Gasteiger partial charge in [-0.3, -0.25) is 4.99 Å². The Hall–Kier alpha value is -2.95. The Labute approximate surface area is 154 Å². The number of methoxy groups -OCH3 is 1. The van der Waals surface area contributed by atoms with Gasteiger partial charge in [-0.1, -0.05) is 30.3 Å². The number of aryl methyl sites for hydroxylation is 1. The lowest BCUT2D eigenvalue weighted by Gasteiger charge is -2.12. The predicted octanol–water partition coefficient (Wildman–Crippen LogP) is 3.39. The molecule has 0 saturated carbocycles. The van der Waals surface area contributed by atoms with Gasteiger partial charge in [0.05, 0.1) is 13.7 Å². The van der Waals surface area contributed by atoms with E-state index in [0.717, 1.165) is 41.4 Å². The molecule has 0 saturated heterocycles. The van der Waals surface area contributed by atoms with Gasteiger partial charge in [-0.05, 0) is 48.1 Å². The third kappa shape index (κ3) is 4.36. The van der Waals surface area contributed by atoms with E-state index in [1.165, 1.54) is 10.9 Å². The maximum atomic E-state index is 5.39. The van der Waals surface area contributed by atoms with E-state index in [4.69, 9.17) is 4.74 Å². The van der Waals surface area contributed by atoms with Gasteiger partial charge in [0.1, 0.15) is 5.75 Å². The summed E-state index contributed by atoms with van der Waals surface area (Å²) in [4.78, 5) is 7.71. The third-order valence-corrected chi connectivity index (χ3v) is 4.43. The number of H-pyrrole nitrogens is 1. The molecule has 136 valence electrons. The van der Waals surface area contributed by atoms with Gasteiger partial charge >= 0.3 is 0 Å². The average Bonchev–Trinajstić information content (AvgIpc) is 3.08. The number of ether oxygens (including phenoxy) is 1. The van der Waals surface area contributed by atoms with Crippen LogP contribution < -0.4 is 15.4 Å². The van der Waals surface area contributed by atoms with Crippen LogP contribution in [-0.2, 0) is 13.0 Å². The molecule has 0 spiro atoms. The minimum absolute atomic E-state index is 0.701. The van der Waals surface area contributed by atoms with Crippen molar-refractivity contribution in [3.8, 4) is 5.75 Å². The van der Waals surface area contributed by atoms with Gasteiger partial charge in [0, 0.05) is 24.8 Å². The topological polar surface area (TPSA) is 61.4 Å². The average molecular weight is 350 g/mol. The fraction of sp³-hybridized carbons (Fsp3) is 0.286. The smallest absolute Gasteiger partial charge is 0.191 e. The van der Waals surface area contributed by atoms with E-state index in [-0.39, 0.29) is 0 Å². The minimum Gasteiger partial charge on any atom is -0.496 e. The van der Waals surface area contributed by atoms with Crippen LogP contribution in [0.5, 0.6) is 5.75 Å². The molecule has 3 N–H and O–H groups in total. The number of rotatable bonds is 6. The van der Waals surface area contributed by atoms with Crippen molar-refractivity contribution in [3.63, 3.8) is 0 Å². The van der Waals surface area contributed by atoms with Crippen LogP contribution in [0.15, 0.2) is 53.5 Å². The van der Waals surface area contributed by atoms with Crippen molar-refractivity contribution in [2.75, 3.05) is 20.7 Å². The molecule has 0 amide bonds. The second-order valence-corrected chi connectivity index (χ2v) is 6.29. The zero-order valence-corrected chi connectivity index (χ0v) is 15.6. The second-order valence-electron chi connectivity index (χ2n) is 6.29. The normalized spacial score (nSPS) is 11.6. The summed E-state index contributed by atoms with van der Waals surface area (Å²) in [5, 5.41) is 7.93. The Kier molecular flexibility index (Phi) is 5.79. The van der Waals surface area contributed by atoms with E-state index in [1.54, 1.807) is 14.2 Å². The van der Waals surface area contributed by atoms with E-state index in [9.17, 15) is 0 Å². The molecule has 3 aromatic rings. The van der Waals surface area contributed by atoms with Crippen molar-refractivity contribution in [2.24, 2.45) is 4.99 Å². The van der Waals surface area contributed by atoms with E-state index in [0.29, 0.717) is 6.54 Å². The lowest BCUT2D eigenvalue weighted by Crippen LogP contribution is -2.37. The first-order chi connectivity index (χ1) is 12.7. The van der Waals surface area contributed by atoms with E-state index < -0.39 is 0 Å². The number of nitrogens with zero attached hydrogens (tertiary/aromatic N) is 1. The number of aromatic nitrogens is 1. The highest BCUT2D eigenvalue weighted by atomic mass is 16.5. The third-order valence-electron chi connectivity index (χ3n) is 4.43. The maximum absolute atomic E-state index is 5.39. The molecule has 5 heteroatoms. The largest absolute Gasteiger partial charge is 0.496 e. The summed E-state index contributed by atoms with van der Waals surface area (Å²) in [6, 6.07) is 16.8. The number of benzene rings is 2. The molecule has 0 bridgehead atoms. The number of para-hydroxylation sites is 1. The first kappa shape index (κ1) is 17.9. The lowest BCUT2D eigenvalue weighted by atomic mass is 10.1. The highest BCUT2D eigenvalue weighted by molar-refractivity contribution is 5.81. The fourth-order valence-corrected chi connectivity index (χ4v) is 2.97. The second kappa shape index (κ2) is 8.43. The summed E-state index contributed by atoms with van der Waals surface area (Å²) in [5.74, 6) is 1.73. The SMILES string of the molecule is CN=C(NCCc1ccc(C)c(OC)c1)NCc1cc2ccccc2[nH]1. The van der Waals surface area contributed by atoms with Crippen LogP contribution in [0.25, 0.3) is 10.9 Å². The summed E-state index contributed by atoms with van der Waals surface area (Å²) in [5.41, 5.74) is 4.68. The number of hydrogen-bond acceptors (Lipinski definition) is 2. The van der Waals surface area contributed by atoms with E-state index in [2.05, 4.69) is 63.9 Å². The number of aromatic amines is 1. The number of guanidine groups is 1. The number of nitrogens with one attached hydrogen (secondary N) is 3. The summed E-state index contributed by atoms with van der Waals surface area (Å²) < 4.78 is 5.39. The molecule has 26 heavy (non-hydrogen) atoms. The van der Waals surface area contributed by atoms with Crippen LogP contribution in [-0.4, -0.2) is 31.6 Å². The summed E-state index contributed by atoms with van der Waals surface area (Å²) in [6.07, 6.45) is 0.906. The van der Waals surface area contributed by atoms with Crippen LogP contribution in [0.4, 0.5) is 0 Å². The van der Waals surface area contributed by atoms with Gasteiger partial charge in [-0.15, -0.1) is 0 Å². The fourth-order valence-electron chi connectivity index (χ4n) is 2.97. The molecule has 0 radical (unpaired) electrons. The maximum Gasteiger partial charge on any atom is 0.191 e. The van der Waals surface area contributed by atoms with Gasteiger partial charge in [0.2, 0.25) is 0 Å². The number of hydrogen-bond donors (Lipinski definition) is 3. The molecule has 0 unspecified atom stereocenters. The molecule has 0 aliphatic heterocycles. The lowest BCUT2D eigenvalue weighted by molar-refractivity contribution is 0.411. The summed E-state index contributed by atoms with van der Waals surface area (Å²) >= 11 is 0. The van der Waals surface area contributed by atoms with Gasteiger partial charge in [-0.2, -0.15) is 0 Å². The Bertz CT molecular complexity index is 865. The van der Waals surface area contributed by atoms with E-state index in [1.807, 2.05) is 12.1 Å². The Balaban J connectivity index is 1.50. The molecular formula is C21H26N4O. The molecule has 1 aromatic heterocycles. The molecular weight excluding hydrogens is 324 g/mol. The standard InChI is InChI=1S/C21H26N4O/c1-15-8-9-16(12-20(15)26-3)10-11-23-21(22-2)24-14-18-13-17-6-4-5-7-19(17)25-18/h4-9,12-13,25H,10-11,14H2,1-3H3,(H2,22,23,24). The van der Waals surface area contributed by atoms with Crippen molar-refractivity contribution >= 4 is 16.9 Å². The van der Waals surface area contributed by atoms with Crippen LogP contribution >= 0.6 is 0 Å². The van der Waals surface area contributed by atoms with Gasteiger partial charge in [0.25, 0.3) is 0 Å². The van der Waals surface area contributed by atoms with Gasteiger partial charge in [-0.25, -0.2) is 0 Å². The molecule has 0 aliphatic rings. The molecule has 2 aromatic carbocycles. The van der Waals surface area contributed by atoms with Crippen molar-refractivity contribution in [1.29, 1.82) is 0 Å². The monoisotopic (exact) mass is 350 g/mol. The van der Waals surface area contributed by atoms with Crippen molar-refractivity contribution in [1.82, 2.24) is 15.6 Å². The van der Waals surface area contributed by atoms with Gasteiger partial charge < -0.3 is 20.4 Å². The molecule has 0 aliphatic carbocycles. The molecule has 0 atom stereocenters. The number of aliphatic imine (C=N–C) groups is 1. The highest BCUT2D eigenvalue weighted by Gasteiger charge is 2.03. The number of fused-ring (bicyclic) bond motifs is 1. The Morgan fingerprint density at radius 2 is 1.96 bits per heavy atom. The van der Waals surface area contributed by atoms with Crippen LogP contribution in [0, 0.1) is 6.92 Å². The van der Waals surface area contributed by atoms with Crippen molar-refractivity contribution in [3.05, 3.63) is 65.4 Å². The van der Waals surface area contributed by atoms with Gasteiger partial charge in [0.15, 0.2) is 5.96 Å². The minimum atomic E-state index is 0.701. The van der Waals surface area contributed by atoms with E-state index >= 15 is 0 Å². The van der Waals surface area contributed by atoms with Crippen LogP contribution in [0.1, 0.15) is 16.8 Å². The molecule has 1 heterocycles. The first-order valence-electron chi connectivity index (χ1n) is 8.84. The zero-order valence-electron chi connectivity index (χ0n) is 15.6. The van der Waals surface area contributed by atoms with Crippen LogP contribution in [0.2, 0.25) is 0 Å². The quantitative estimate of drug-likeness (QED) is 0.472. The molecule has 3 rings (SSSR count). The van der Waals surface area contributed by atoms with Crippen LogP contribution in [0.3, 0.4) is 0 Å². The predicted molar refractivity (Wildman–Crippen MR) is 108 cm³/mol. The summed E-state index contributed by atoms with van der Waals surface area (Å²) in [6.45, 7) is 3.56. The summed E-state index contributed by atoms with van der Waals surface area (Å²) in [7, 11) is 3.50. The van der Waals surface area contributed by atoms with Crippen molar-refractivity contribution in [2.45, 2.75) is 19.9 Å². The molecule has 0 fully saturated rings. The molecule has 5 nitrogen and oxygen atoms in total. The Morgan fingerprint density at radius 3 is 2.73 bits per heavy atom. The van der Waals surface area contributed by atoms with Crippen molar-refractivity contribution < 1.29 is 4.74 Å². The first-order valence-corrected chi connectivity index (χ1v) is 8.84. The zero-order chi connectivity index (χ0) is 18.4.